The lowest BCUT2D eigenvalue weighted by Crippen LogP contribution is -2.02. The van der Waals surface area contributed by atoms with Gasteiger partial charge in [-0.2, -0.15) is 0 Å². The summed E-state index contributed by atoms with van der Waals surface area (Å²) in [6, 6.07) is 0. The fourth-order valence-corrected chi connectivity index (χ4v) is 1.24. The summed E-state index contributed by atoms with van der Waals surface area (Å²) in [4.78, 5) is 10.0. The number of ketones is 1. The number of unbranched alkanes of at least 4 members (excludes halogenated alkanes) is 2. The molecule has 0 heterocycles. The third kappa shape index (κ3) is 46.8. The van der Waals surface area contributed by atoms with E-state index in [0.29, 0.717) is 0 Å². The van der Waals surface area contributed by atoms with Crippen molar-refractivity contribution in [1.82, 2.24) is 0 Å². The van der Waals surface area contributed by atoms with Gasteiger partial charge < -0.3 is 16.3 Å². The van der Waals surface area contributed by atoms with E-state index in [-0.39, 0.29) is 5.78 Å². The summed E-state index contributed by atoms with van der Waals surface area (Å²) in [7, 11) is 0. The van der Waals surface area contributed by atoms with Gasteiger partial charge in [-0.25, -0.2) is 0 Å². The van der Waals surface area contributed by atoms with Gasteiger partial charge in [0.25, 0.3) is 0 Å². The molecule has 0 unspecified atom stereocenters. The third-order valence-corrected chi connectivity index (χ3v) is 2.19. The van der Waals surface area contributed by atoms with Crippen LogP contribution in [0.25, 0.3) is 0 Å². The molecule has 116 valence electrons. The molecule has 0 rings (SSSR count). The molecule has 0 aliphatic heterocycles. The third-order valence-electron chi connectivity index (χ3n) is 2.19. The fraction of sp³-hybridized carbons (Fsp3) is 0.812. The van der Waals surface area contributed by atoms with Gasteiger partial charge in [0.2, 0.25) is 0 Å². The second-order valence-corrected chi connectivity index (χ2v) is 4.80. The van der Waals surface area contributed by atoms with Crippen LogP contribution in [0, 0.1) is 0 Å². The molecule has 0 aliphatic rings. The Morgan fingerprint density at radius 3 is 1.42 bits per heavy atom. The minimum Gasteiger partial charge on any atom is -0.330 e. The minimum absolute atomic E-state index is 0.289. The molecule has 0 atom stereocenters. The van der Waals surface area contributed by atoms with Crippen LogP contribution in [0.5, 0.6) is 0 Å². The van der Waals surface area contributed by atoms with Gasteiger partial charge in [-0.3, -0.25) is 0 Å². The van der Waals surface area contributed by atoms with E-state index in [1.54, 1.807) is 6.92 Å². The normalized spacial score (nSPS) is 8.74. The Labute approximate surface area is 120 Å². The van der Waals surface area contributed by atoms with Crippen molar-refractivity contribution < 1.29 is 4.79 Å². The van der Waals surface area contributed by atoms with E-state index in [1.165, 1.54) is 24.8 Å². The van der Waals surface area contributed by atoms with Crippen LogP contribution in [0.2, 0.25) is 0 Å². The topological polar surface area (TPSA) is 69.1 Å². The number of nitrogens with two attached hydrogens (primary N) is 2. The lowest BCUT2D eigenvalue weighted by atomic mass is 10.2. The molecule has 3 heteroatoms. The monoisotopic (exact) mass is 272 g/mol. The maximum atomic E-state index is 10.0. The van der Waals surface area contributed by atoms with Crippen LogP contribution in [-0.2, 0) is 4.79 Å². The van der Waals surface area contributed by atoms with Crippen LogP contribution < -0.4 is 11.5 Å². The van der Waals surface area contributed by atoms with Crippen molar-refractivity contribution >= 4 is 5.78 Å². The molecule has 0 aliphatic carbocycles. The molecular weight excluding hydrogens is 236 g/mol. The number of hydrogen-bond donors (Lipinski definition) is 2. The Morgan fingerprint density at radius 1 is 0.895 bits per heavy atom. The average molecular weight is 272 g/mol. The van der Waals surface area contributed by atoms with Gasteiger partial charge >= 0.3 is 0 Å². The molecule has 3 nitrogen and oxygen atoms in total. The number of rotatable bonds is 8. The zero-order valence-electron chi connectivity index (χ0n) is 13.6. The van der Waals surface area contributed by atoms with E-state index < -0.39 is 0 Å². The van der Waals surface area contributed by atoms with Crippen molar-refractivity contribution in [2.45, 2.75) is 72.6 Å². The first-order chi connectivity index (χ1) is 8.95. The van der Waals surface area contributed by atoms with E-state index in [0.717, 1.165) is 38.8 Å². The molecule has 4 N–H and O–H groups in total. The summed E-state index contributed by atoms with van der Waals surface area (Å²) < 4.78 is 0. The molecule has 0 spiro atoms. The number of carbonyl (C=O) groups excluding carboxylic acids is 1. The fourth-order valence-electron chi connectivity index (χ4n) is 1.24. The first-order valence-corrected chi connectivity index (χ1v) is 7.50. The van der Waals surface area contributed by atoms with Gasteiger partial charge in [-0.15, -0.1) is 6.58 Å². The van der Waals surface area contributed by atoms with Gasteiger partial charge in [-0.05, 0) is 52.6 Å². The Hall–Kier alpha value is -0.670. The van der Waals surface area contributed by atoms with Gasteiger partial charge in [0.05, 0.1) is 0 Å². The number of carbonyl (C=O) groups is 1. The van der Waals surface area contributed by atoms with E-state index in [2.05, 4.69) is 20.4 Å². The molecule has 0 radical (unpaired) electrons. The SMILES string of the molecule is C=C(C)CCC.CCCC(C)=O.NCCCCCN. The second kappa shape index (κ2) is 22.5. The Bertz CT molecular complexity index is 171. The number of Topliss-reactive ketones (excluding diaryl/α,β-unsaturated/α-hetero) is 1. The zero-order chi connectivity index (χ0) is 15.5. The summed E-state index contributed by atoms with van der Waals surface area (Å²) in [6.07, 6.45) is 7.56. The maximum Gasteiger partial charge on any atom is 0.129 e. The lowest BCUT2D eigenvalue weighted by Gasteiger charge is -1.91. The largest absolute Gasteiger partial charge is 0.330 e. The van der Waals surface area contributed by atoms with Crippen molar-refractivity contribution in [3.63, 3.8) is 0 Å². The summed E-state index contributed by atoms with van der Waals surface area (Å²) in [5.41, 5.74) is 11.7. The quantitative estimate of drug-likeness (QED) is 0.521. The molecule has 0 bridgehead atoms. The Morgan fingerprint density at radius 2 is 1.32 bits per heavy atom. The predicted octanol–water partition coefficient (Wildman–Crippen LogP) is 3.81. The van der Waals surface area contributed by atoms with E-state index in [9.17, 15) is 4.79 Å². The van der Waals surface area contributed by atoms with Crippen LogP contribution >= 0.6 is 0 Å². The van der Waals surface area contributed by atoms with Crippen LogP contribution in [0.1, 0.15) is 72.6 Å². The Balaban J connectivity index is -0.000000203. The van der Waals surface area contributed by atoms with Crippen LogP contribution in [0.4, 0.5) is 0 Å². The van der Waals surface area contributed by atoms with Gasteiger partial charge in [-0.1, -0.05) is 32.3 Å². The standard InChI is InChI=1S/C6H12.C5H14N2.C5H10O/c1-4-5-6(2)3;6-4-2-1-3-5-7;1-3-4-5(2)6/h2,4-5H2,1,3H3;1-7H2;3-4H2,1-2H3. The van der Waals surface area contributed by atoms with Crippen LogP contribution in [0.15, 0.2) is 12.2 Å². The average Bonchev–Trinajstić information content (AvgIpc) is 2.31. The smallest absolute Gasteiger partial charge is 0.129 e. The van der Waals surface area contributed by atoms with Crippen LogP contribution in [0.3, 0.4) is 0 Å². The van der Waals surface area contributed by atoms with Crippen molar-refractivity contribution in [2.75, 3.05) is 13.1 Å². The molecule has 0 saturated carbocycles. The van der Waals surface area contributed by atoms with Crippen molar-refractivity contribution in [2.24, 2.45) is 11.5 Å². The molecule has 0 fully saturated rings. The number of allylic oxidation sites excluding steroid dienone is 1. The molecule has 0 saturated heterocycles. The summed E-state index contributed by atoms with van der Waals surface area (Å²) in [5.74, 6) is 0.289. The van der Waals surface area contributed by atoms with Crippen LogP contribution in [-0.4, -0.2) is 18.9 Å². The number of hydrogen-bond acceptors (Lipinski definition) is 3. The van der Waals surface area contributed by atoms with Crippen molar-refractivity contribution in [3.8, 4) is 0 Å². The summed E-state index contributed by atoms with van der Waals surface area (Å²) in [5, 5.41) is 0. The molecule has 0 aromatic carbocycles. The van der Waals surface area contributed by atoms with Crippen molar-refractivity contribution in [3.05, 3.63) is 12.2 Å². The second-order valence-electron chi connectivity index (χ2n) is 4.80. The highest BCUT2D eigenvalue weighted by atomic mass is 16.1. The maximum absolute atomic E-state index is 10.0. The zero-order valence-corrected chi connectivity index (χ0v) is 13.6. The first-order valence-electron chi connectivity index (χ1n) is 7.50. The molecule has 0 aromatic heterocycles. The highest BCUT2D eigenvalue weighted by molar-refractivity contribution is 5.75. The van der Waals surface area contributed by atoms with E-state index in [4.69, 9.17) is 11.5 Å². The molecule has 19 heavy (non-hydrogen) atoms. The first kappa shape index (κ1) is 23.4. The van der Waals surface area contributed by atoms with Gasteiger partial charge in [0.15, 0.2) is 0 Å². The van der Waals surface area contributed by atoms with Gasteiger partial charge in [0, 0.05) is 6.42 Å². The summed E-state index contributed by atoms with van der Waals surface area (Å²) >= 11 is 0. The minimum atomic E-state index is 0.289. The predicted molar refractivity (Wildman–Crippen MR) is 87.3 cm³/mol. The van der Waals surface area contributed by atoms with Crippen molar-refractivity contribution in [1.29, 1.82) is 0 Å². The highest BCUT2D eigenvalue weighted by Gasteiger charge is 1.83. The summed E-state index contributed by atoms with van der Waals surface area (Å²) in [6.45, 7) is 13.2. The molecule has 0 aromatic rings. The highest BCUT2D eigenvalue weighted by Crippen LogP contribution is 1.96. The van der Waals surface area contributed by atoms with E-state index >= 15 is 0 Å². The molecular formula is C16H36N2O. The lowest BCUT2D eigenvalue weighted by molar-refractivity contribution is -0.117. The Kier molecular flexibility index (Phi) is 27.7. The van der Waals surface area contributed by atoms with E-state index in [1.807, 2.05) is 6.92 Å². The molecule has 0 amide bonds. The van der Waals surface area contributed by atoms with Gasteiger partial charge in [0.1, 0.15) is 5.78 Å².